The third-order valence-electron chi connectivity index (χ3n) is 3.06. The van der Waals surface area contributed by atoms with Crippen molar-refractivity contribution in [1.29, 1.82) is 0 Å². The Morgan fingerprint density at radius 3 is 2.61 bits per heavy atom. The fourth-order valence-electron chi connectivity index (χ4n) is 2.14. The number of amidine groups is 1. The molecule has 0 unspecified atom stereocenters. The first kappa shape index (κ1) is 13.1. The molecule has 4 nitrogen and oxygen atoms in total. The van der Waals surface area contributed by atoms with Crippen molar-refractivity contribution in [3.8, 4) is 0 Å². The van der Waals surface area contributed by atoms with Gasteiger partial charge in [-0.1, -0.05) is 5.16 Å². The van der Waals surface area contributed by atoms with Crippen LogP contribution in [0.2, 0.25) is 0 Å². The molecule has 0 atom stereocenters. The van der Waals surface area contributed by atoms with Crippen molar-refractivity contribution >= 4 is 23.3 Å². The number of rotatable bonds is 2. The fourth-order valence-corrected chi connectivity index (χ4v) is 3.25. The van der Waals surface area contributed by atoms with Crippen molar-refractivity contribution in [3.63, 3.8) is 0 Å². The van der Waals surface area contributed by atoms with Gasteiger partial charge in [-0.2, -0.15) is 11.8 Å². The SMILES string of the molecule is CC1(C)CN(c2ccc(/C(N)=N/O)cc2)CCS1. The van der Waals surface area contributed by atoms with Crippen molar-refractivity contribution in [2.75, 3.05) is 23.7 Å². The van der Waals surface area contributed by atoms with Crippen molar-refractivity contribution in [2.24, 2.45) is 10.9 Å². The van der Waals surface area contributed by atoms with E-state index < -0.39 is 0 Å². The summed E-state index contributed by atoms with van der Waals surface area (Å²) in [5, 5.41) is 11.6. The Labute approximate surface area is 112 Å². The fraction of sp³-hybridized carbons (Fsp3) is 0.462. The van der Waals surface area contributed by atoms with E-state index in [1.54, 1.807) is 0 Å². The number of benzene rings is 1. The second kappa shape index (κ2) is 5.10. The predicted molar refractivity (Wildman–Crippen MR) is 77.7 cm³/mol. The zero-order chi connectivity index (χ0) is 13.2. The van der Waals surface area contributed by atoms with Crippen LogP contribution in [-0.4, -0.2) is 34.6 Å². The first-order chi connectivity index (χ1) is 8.52. The third kappa shape index (κ3) is 2.90. The van der Waals surface area contributed by atoms with Crippen LogP contribution in [0.15, 0.2) is 29.4 Å². The third-order valence-corrected chi connectivity index (χ3v) is 4.36. The quantitative estimate of drug-likeness (QED) is 0.372. The zero-order valence-corrected chi connectivity index (χ0v) is 11.6. The molecule has 1 heterocycles. The molecular weight excluding hydrogens is 246 g/mol. The molecule has 0 aromatic heterocycles. The Kier molecular flexibility index (Phi) is 3.71. The van der Waals surface area contributed by atoms with Gasteiger partial charge in [0.1, 0.15) is 0 Å². The Hall–Kier alpha value is -1.36. The van der Waals surface area contributed by atoms with Gasteiger partial charge in [0, 0.05) is 34.8 Å². The van der Waals surface area contributed by atoms with Gasteiger partial charge in [0.15, 0.2) is 5.84 Å². The number of thioether (sulfide) groups is 1. The lowest BCUT2D eigenvalue weighted by Crippen LogP contribution is -2.43. The van der Waals surface area contributed by atoms with Crippen molar-refractivity contribution < 1.29 is 5.21 Å². The maximum Gasteiger partial charge on any atom is 0.170 e. The molecule has 18 heavy (non-hydrogen) atoms. The van der Waals surface area contributed by atoms with Gasteiger partial charge >= 0.3 is 0 Å². The topological polar surface area (TPSA) is 61.8 Å². The van der Waals surface area contributed by atoms with E-state index in [4.69, 9.17) is 10.9 Å². The van der Waals surface area contributed by atoms with E-state index in [0.29, 0.717) is 4.75 Å². The highest BCUT2D eigenvalue weighted by atomic mass is 32.2. The molecule has 2 rings (SSSR count). The molecule has 1 aromatic carbocycles. The Morgan fingerprint density at radius 1 is 1.39 bits per heavy atom. The molecule has 1 fully saturated rings. The smallest absolute Gasteiger partial charge is 0.170 e. The van der Waals surface area contributed by atoms with Crippen LogP contribution in [0.1, 0.15) is 19.4 Å². The maximum atomic E-state index is 8.62. The summed E-state index contributed by atoms with van der Waals surface area (Å²) in [4.78, 5) is 2.38. The molecule has 0 saturated carbocycles. The summed E-state index contributed by atoms with van der Waals surface area (Å²) < 4.78 is 0.294. The Balaban J connectivity index is 2.14. The highest BCUT2D eigenvalue weighted by Gasteiger charge is 2.26. The summed E-state index contributed by atoms with van der Waals surface area (Å²) >= 11 is 2.02. The van der Waals surface area contributed by atoms with Crippen molar-refractivity contribution in [2.45, 2.75) is 18.6 Å². The molecule has 0 radical (unpaired) electrons. The molecule has 0 aliphatic carbocycles. The summed E-state index contributed by atoms with van der Waals surface area (Å²) in [6, 6.07) is 7.83. The highest BCUT2D eigenvalue weighted by Crippen LogP contribution is 2.32. The molecule has 0 amide bonds. The first-order valence-electron chi connectivity index (χ1n) is 5.99. The molecule has 0 bridgehead atoms. The van der Waals surface area contributed by atoms with Gasteiger partial charge in [-0.15, -0.1) is 0 Å². The van der Waals surface area contributed by atoms with Gasteiger partial charge in [0.25, 0.3) is 0 Å². The van der Waals surface area contributed by atoms with Crippen LogP contribution in [0.25, 0.3) is 0 Å². The minimum Gasteiger partial charge on any atom is -0.409 e. The van der Waals surface area contributed by atoms with Crippen LogP contribution >= 0.6 is 11.8 Å². The van der Waals surface area contributed by atoms with E-state index in [1.165, 1.54) is 5.69 Å². The van der Waals surface area contributed by atoms with Gasteiger partial charge in [0.2, 0.25) is 0 Å². The van der Waals surface area contributed by atoms with Crippen LogP contribution in [-0.2, 0) is 0 Å². The lowest BCUT2D eigenvalue weighted by molar-refractivity contribution is 0.318. The second-order valence-electron chi connectivity index (χ2n) is 5.06. The Bertz CT molecular complexity index is 442. The van der Waals surface area contributed by atoms with E-state index in [9.17, 15) is 0 Å². The number of hydrogen-bond acceptors (Lipinski definition) is 4. The molecule has 1 aliphatic rings. The standard InChI is InChI=1S/C13H19N3OS/c1-13(2)9-16(7-8-18-13)11-5-3-10(4-6-11)12(14)15-17/h3-6,17H,7-9H2,1-2H3,(H2,14,15). The van der Waals surface area contributed by atoms with Gasteiger partial charge in [0.05, 0.1) is 0 Å². The van der Waals surface area contributed by atoms with E-state index in [-0.39, 0.29) is 5.84 Å². The summed E-state index contributed by atoms with van der Waals surface area (Å²) in [7, 11) is 0. The molecule has 1 saturated heterocycles. The van der Waals surface area contributed by atoms with Crippen LogP contribution in [0.5, 0.6) is 0 Å². The molecule has 1 aromatic rings. The lowest BCUT2D eigenvalue weighted by Gasteiger charge is -2.39. The number of hydrogen-bond donors (Lipinski definition) is 2. The molecule has 0 spiro atoms. The summed E-state index contributed by atoms with van der Waals surface area (Å²) in [6.45, 7) is 6.65. The van der Waals surface area contributed by atoms with Gasteiger partial charge in [-0.3, -0.25) is 0 Å². The minimum atomic E-state index is 0.149. The maximum absolute atomic E-state index is 8.62. The number of oxime groups is 1. The molecule has 5 heteroatoms. The van der Waals surface area contributed by atoms with E-state index in [1.807, 2.05) is 36.0 Å². The Morgan fingerprint density at radius 2 is 2.06 bits per heavy atom. The van der Waals surface area contributed by atoms with Crippen LogP contribution in [0.3, 0.4) is 0 Å². The minimum absolute atomic E-state index is 0.149. The highest BCUT2D eigenvalue weighted by molar-refractivity contribution is 8.00. The average molecular weight is 265 g/mol. The van der Waals surface area contributed by atoms with Crippen LogP contribution < -0.4 is 10.6 Å². The van der Waals surface area contributed by atoms with E-state index >= 15 is 0 Å². The number of nitrogens with two attached hydrogens (primary N) is 1. The number of nitrogens with zero attached hydrogens (tertiary/aromatic N) is 2. The summed E-state index contributed by atoms with van der Waals surface area (Å²) in [6.07, 6.45) is 0. The molecular formula is C13H19N3OS. The zero-order valence-electron chi connectivity index (χ0n) is 10.8. The second-order valence-corrected chi connectivity index (χ2v) is 6.86. The lowest BCUT2D eigenvalue weighted by atomic mass is 10.1. The van der Waals surface area contributed by atoms with E-state index in [0.717, 1.165) is 24.4 Å². The van der Waals surface area contributed by atoms with Gasteiger partial charge in [-0.05, 0) is 38.1 Å². The normalized spacial score (nSPS) is 19.9. The molecule has 98 valence electrons. The van der Waals surface area contributed by atoms with Crippen LogP contribution in [0.4, 0.5) is 5.69 Å². The predicted octanol–water partition coefficient (Wildman–Crippen LogP) is 2.11. The average Bonchev–Trinajstić information content (AvgIpc) is 2.37. The number of anilines is 1. The monoisotopic (exact) mass is 265 g/mol. The van der Waals surface area contributed by atoms with Crippen molar-refractivity contribution in [3.05, 3.63) is 29.8 Å². The summed E-state index contributed by atoms with van der Waals surface area (Å²) in [5.41, 5.74) is 7.48. The summed E-state index contributed by atoms with van der Waals surface area (Å²) in [5.74, 6) is 1.30. The van der Waals surface area contributed by atoms with Crippen molar-refractivity contribution in [1.82, 2.24) is 0 Å². The first-order valence-corrected chi connectivity index (χ1v) is 6.97. The largest absolute Gasteiger partial charge is 0.409 e. The van der Waals surface area contributed by atoms with Gasteiger partial charge < -0.3 is 15.8 Å². The molecule has 3 N–H and O–H groups in total. The van der Waals surface area contributed by atoms with Crippen LogP contribution in [0, 0.1) is 0 Å². The molecule has 1 aliphatic heterocycles. The van der Waals surface area contributed by atoms with E-state index in [2.05, 4.69) is 23.9 Å². The van der Waals surface area contributed by atoms with Gasteiger partial charge in [-0.25, -0.2) is 0 Å².